The van der Waals surface area contributed by atoms with Crippen molar-refractivity contribution < 1.29 is 13.2 Å². The smallest absolute Gasteiger partial charge is 0.324 e. The van der Waals surface area contributed by atoms with Crippen molar-refractivity contribution in [1.29, 1.82) is 0 Å². The number of nitrogens with zero attached hydrogens (tertiary/aromatic N) is 2. The Balaban J connectivity index is 2.16. The molecule has 2 N–H and O–H groups in total. The van der Waals surface area contributed by atoms with Gasteiger partial charge in [-0.2, -0.15) is 23.4 Å². The van der Waals surface area contributed by atoms with Crippen LogP contribution in [0.2, 0.25) is 0 Å². The second-order valence-electron chi connectivity index (χ2n) is 5.03. The lowest BCUT2D eigenvalue weighted by atomic mass is 9.98. The summed E-state index contributed by atoms with van der Waals surface area (Å²) in [6.45, 7) is 3.63. The van der Waals surface area contributed by atoms with Gasteiger partial charge in [0.1, 0.15) is 0 Å². The van der Waals surface area contributed by atoms with Crippen molar-refractivity contribution in [2.75, 3.05) is 0 Å². The van der Waals surface area contributed by atoms with Gasteiger partial charge in [-0.25, -0.2) is 0 Å². The number of aromatic nitrogens is 2. The molecule has 112 valence electrons. The van der Waals surface area contributed by atoms with E-state index in [0.29, 0.717) is 6.42 Å². The lowest BCUT2D eigenvalue weighted by Gasteiger charge is -2.15. The van der Waals surface area contributed by atoms with Gasteiger partial charge in [0, 0.05) is 6.04 Å². The van der Waals surface area contributed by atoms with Crippen molar-refractivity contribution in [3.05, 3.63) is 58.4 Å². The number of hydrogen-bond acceptors (Lipinski definition) is 3. The monoisotopic (exact) mass is 295 g/mol. The molecule has 0 aliphatic heterocycles. The van der Waals surface area contributed by atoms with Crippen molar-refractivity contribution in [3.63, 3.8) is 0 Å². The molecule has 0 spiro atoms. The fourth-order valence-electron chi connectivity index (χ4n) is 2.14. The summed E-state index contributed by atoms with van der Waals surface area (Å²) in [6, 6.07) is 6.60. The summed E-state index contributed by atoms with van der Waals surface area (Å²) in [6.07, 6.45) is -3.87. The first-order valence-corrected chi connectivity index (χ1v) is 6.50. The van der Waals surface area contributed by atoms with E-state index in [1.807, 2.05) is 19.9 Å². The summed E-state index contributed by atoms with van der Waals surface area (Å²) in [5.74, 6) is 0. The van der Waals surface area contributed by atoms with E-state index in [2.05, 4.69) is 10.2 Å². The molecule has 1 unspecified atom stereocenters. The van der Waals surface area contributed by atoms with Crippen molar-refractivity contribution in [2.24, 2.45) is 5.73 Å². The van der Waals surface area contributed by atoms with Gasteiger partial charge in [0.15, 0.2) is 0 Å². The van der Waals surface area contributed by atoms with Crippen LogP contribution < -0.4 is 5.73 Å². The molecule has 1 aromatic carbocycles. The fraction of sp³-hybridized carbons (Fsp3) is 0.333. The van der Waals surface area contributed by atoms with Crippen molar-refractivity contribution >= 4 is 0 Å². The quantitative estimate of drug-likeness (QED) is 0.944. The predicted molar refractivity (Wildman–Crippen MR) is 73.6 cm³/mol. The van der Waals surface area contributed by atoms with Crippen LogP contribution in [-0.4, -0.2) is 10.2 Å². The minimum Gasteiger partial charge on any atom is -0.324 e. The molecule has 1 atom stereocenters. The van der Waals surface area contributed by atoms with Crippen LogP contribution in [0, 0.1) is 13.8 Å². The molecule has 6 heteroatoms. The first kappa shape index (κ1) is 15.4. The van der Waals surface area contributed by atoms with Crippen molar-refractivity contribution in [3.8, 4) is 0 Å². The highest BCUT2D eigenvalue weighted by molar-refractivity contribution is 5.29. The predicted octanol–water partition coefficient (Wildman–Crippen LogP) is 3.35. The molecule has 0 saturated heterocycles. The minimum atomic E-state index is -4.32. The lowest BCUT2D eigenvalue weighted by Crippen LogP contribution is -2.16. The molecule has 0 aliphatic rings. The molecular weight excluding hydrogens is 279 g/mol. The van der Waals surface area contributed by atoms with Gasteiger partial charge in [-0.05, 0) is 49.6 Å². The molecule has 3 nitrogen and oxygen atoms in total. The second kappa shape index (κ2) is 5.81. The fourth-order valence-corrected chi connectivity index (χ4v) is 2.14. The maximum atomic E-state index is 12.5. The van der Waals surface area contributed by atoms with Crippen LogP contribution in [0.15, 0.2) is 30.3 Å². The number of rotatable bonds is 3. The Morgan fingerprint density at radius 2 is 1.71 bits per heavy atom. The Morgan fingerprint density at radius 1 is 1.10 bits per heavy atom. The zero-order valence-electron chi connectivity index (χ0n) is 11.8. The Bertz CT molecular complexity index is 621. The minimum absolute atomic E-state index is 0.323. The molecule has 1 aromatic heterocycles. The topological polar surface area (TPSA) is 51.8 Å². The molecule has 21 heavy (non-hydrogen) atoms. The van der Waals surface area contributed by atoms with E-state index in [0.717, 1.165) is 34.6 Å². The molecule has 0 radical (unpaired) electrons. The third kappa shape index (κ3) is 3.78. The van der Waals surface area contributed by atoms with E-state index in [9.17, 15) is 13.2 Å². The average Bonchev–Trinajstić information content (AvgIpc) is 2.41. The highest BCUT2D eigenvalue weighted by Crippen LogP contribution is 2.29. The van der Waals surface area contributed by atoms with E-state index in [1.54, 1.807) is 0 Å². The molecule has 2 rings (SSSR count). The number of nitrogens with two attached hydrogens (primary N) is 1. The van der Waals surface area contributed by atoms with Gasteiger partial charge in [0.2, 0.25) is 0 Å². The molecule has 2 aromatic rings. The standard InChI is InChI=1S/C15H16F3N3/c1-9-7-13(10(2)21-20-9)14(19)8-11-3-5-12(6-4-11)15(16,17)18/h3-7,14H,8,19H2,1-2H3. The highest BCUT2D eigenvalue weighted by Gasteiger charge is 2.30. The summed E-state index contributed by atoms with van der Waals surface area (Å²) in [4.78, 5) is 0. The van der Waals surface area contributed by atoms with Crippen LogP contribution >= 0.6 is 0 Å². The normalized spacial score (nSPS) is 13.2. The number of hydrogen-bond donors (Lipinski definition) is 1. The molecule has 0 amide bonds. The third-order valence-electron chi connectivity index (χ3n) is 3.28. The Hall–Kier alpha value is -1.95. The van der Waals surface area contributed by atoms with Gasteiger partial charge in [-0.15, -0.1) is 0 Å². The van der Waals surface area contributed by atoms with Crippen LogP contribution in [-0.2, 0) is 12.6 Å². The zero-order valence-corrected chi connectivity index (χ0v) is 11.8. The number of aryl methyl sites for hydroxylation is 2. The van der Waals surface area contributed by atoms with Crippen LogP contribution in [0.5, 0.6) is 0 Å². The Morgan fingerprint density at radius 3 is 2.29 bits per heavy atom. The van der Waals surface area contributed by atoms with E-state index in [1.165, 1.54) is 12.1 Å². The maximum absolute atomic E-state index is 12.5. The summed E-state index contributed by atoms with van der Waals surface area (Å²) in [5.41, 5.74) is 8.59. The SMILES string of the molecule is Cc1cc(C(N)Cc2ccc(C(F)(F)F)cc2)c(C)nn1. The van der Waals surface area contributed by atoms with Gasteiger partial charge in [-0.1, -0.05) is 12.1 Å². The Kier molecular flexibility index (Phi) is 4.27. The van der Waals surface area contributed by atoms with E-state index >= 15 is 0 Å². The largest absolute Gasteiger partial charge is 0.416 e. The van der Waals surface area contributed by atoms with Crippen LogP contribution in [0.4, 0.5) is 13.2 Å². The summed E-state index contributed by atoms with van der Waals surface area (Å²) < 4.78 is 37.5. The molecule has 0 saturated carbocycles. The number of halogens is 3. The second-order valence-corrected chi connectivity index (χ2v) is 5.03. The van der Waals surface area contributed by atoms with Gasteiger partial charge in [-0.3, -0.25) is 0 Å². The van der Waals surface area contributed by atoms with E-state index in [4.69, 9.17) is 5.73 Å². The molecule has 1 heterocycles. The van der Waals surface area contributed by atoms with Crippen LogP contribution in [0.1, 0.15) is 34.1 Å². The van der Waals surface area contributed by atoms with Gasteiger partial charge in [0.05, 0.1) is 17.0 Å². The first-order valence-electron chi connectivity index (χ1n) is 6.50. The Labute approximate surface area is 121 Å². The molecular formula is C15H16F3N3. The molecule has 0 bridgehead atoms. The summed E-state index contributed by atoms with van der Waals surface area (Å²) in [7, 11) is 0. The maximum Gasteiger partial charge on any atom is 0.416 e. The summed E-state index contributed by atoms with van der Waals surface area (Å²) in [5, 5.41) is 7.95. The third-order valence-corrected chi connectivity index (χ3v) is 3.28. The van der Waals surface area contributed by atoms with Gasteiger partial charge < -0.3 is 5.73 Å². The van der Waals surface area contributed by atoms with Gasteiger partial charge >= 0.3 is 6.18 Å². The van der Waals surface area contributed by atoms with Gasteiger partial charge in [0.25, 0.3) is 0 Å². The van der Waals surface area contributed by atoms with E-state index in [-0.39, 0.29) is 6.04 Å². The van der Waals surface area contributed by atoms with Crippen molar-refractivity contribution in [1.82, 2.24) is 10.2 Å². The van der Waals surface area contributed by atoms with Crippen LogP contribution in [0.3, 0.4) is 0 Å². The first-order chi connectivity index (χ1) is 9.77. The molecule has 0 fully saturated rings. The zero-order chi connectivity index (χ0) is 15.6. The number of benzene rings is 1. The van der Waals surface area contributed by atoms with Crippen molar-refractivity contribution in [2.45, 2.75) is 32.5 Å². The van der Waals surface area contributed by atoms with Crippen LogP contribution in [0.25, 0.3) is 0 Å². The number of alkyl halides is 3. The average molecular weight is 295 g/mol. The molecule has 0 aliphatic carbocycles. The summed E-state index contributed by atoms with van der Waals surface area (Å²) >= 11 is 0. The lowest BCUT2D eigenvalue weighted by molar-refractivity contribution is -0.137. The van der Waals surface area contributed by atoms with E-state index < -0.39 is 11.7 Å². The highest BCUT2D eigenvalue weighted by atomic mass is 19.4.